The van der Waals surface area contributed by atoms with Crippen molar-refractivity contribution in [2.75, 3.05) is 13.7 Å². The Morgan fingerprint density at radius 3 is 2.72 bits per heavy atom. The third-order valence-electron chi connectivity index (χ3n) is 7.36. The largest absolute Gasteiger partial charge is 0.496 e. The van der Waals surface area contributed by atoms with Crippen LogP contribution in [0.2, 0.25) is 0 Å². The van der Waals surface area contributed by atoms with Crippen molar-refractivity contribution >= 4 is 23.3 Å². The normalized spacial score (nSPS) is 21.7. The minimum Gasteiger partial charge on any atom is -0.496 e. The second kappa shape index (κ2) is 8.75. The number of H-pyrrole nitrogens is 1. The lowest BCUT2D eigenvalue weighted by molar-refractivity contribution is 0.371. The van der Waals surface area contributed by atoms with E-state index in [4.69, 9.17) is 4.74 Å². The Kier molecular flexibility index (Phi) is 6.19. The molecule has 1 aliphatic heterocycles. The maximum Gasteiger partial charge on any atom is 0.328 e. The molecule has 2 N–H and O–H groups in total. The van der Waals surface area contributed by atoms with Gasteiger partial charge in [-0.3, -0.25) is 9.36 Å². The minimum atomic E-state index is -0.332. The van der Waals surface area contributed by atoms with Crippen molar-refractivity contribution in [3.8, 4) is 5.75 Å². The summed E-state index contributed by atoms with van der Waals surface area (Å²) >= 11 is 0. The summed E-state index contributed by atoms with van der Waals surface area (Å²) < 4.78 is 6.97. The molecule has 2 aliphatic rings. The monoisotopic (exact) mass is 455 g/mol. The van der Waals surface area contributed by atoms with Gasteiger partial charge in [0.15, 0.2) is 0 Å². The van der Waals surface area contributed by atoms with E-state index >= 15 is 0 Å². The van der Waals surface area contributed by atoms with Crippen LogP contribution < -0.4 is 21.3 Å². The summed E-state index contributed by atoms with van der Waals surface area (Å²) in [6, 6.07) is 10.3. The van der Waals surface area contributed by atoms with E-state index in [1.165, 1.54) is 15.7 Å². The number of benzene rings is 2. The molecule has 3 atom stereocenters. The van der Waals surface area contributed by atoms with Crippen LogP contribution in [0.1, 0.15) is 41.0 Å². The van der Waals surface area contributed by atoms with Crippen molar-refractivity contribution in [3.63, 3.8) is 0 Å². The van der Waals surface area contributed by atoms with E-state index in [2.05, 4.69) is 22.4 Å². The van der Waals surface area contributed by atoms with Gasteiger partial charge in [-0.25, -0.2) is 4.79 Å². The Hall–Kier alpha value is -2.57. The fraction of sp³-hybridized carbons (Fsp3) is 0.440. The minimum absolute atomic E-state index is 0. The van der Waals surface area contributed by atoms with Crippen molar-refractivity contribution in [2.24, 2.45) is 5.92 Å². The van der Waals surface area contributed by atoms with Crippen LogP contribution in [0.3, 0.4) is 0 Å². The van der Waals surface area contributed by atoms with Crippen molar-refractivity contribution in [1.29, 1.82) is 0 Å². The molecule has 1 fully saturated rings. The van der Waals surface area contributed by atoms with Gasteiger partial charge in [-0.15, -0.1) is 12.4 Å². The molecule has 170 valence electrons. The number of aromatic nitrogens is 2. The average Bonchev–Trinajstić information content (AvgIpc) is 3.18. The van der Waals surface area contributed by atoms with Gasteiger partial charge in [-0.05, 0) is 86.0 Å². The number of aromatic amines is 1. The van der Waals surface area contributed by atoms with E-state index in [1.54, 1.807) is 7.11 Å². The summed E-state index contributed by atoms with van der Waals surface area (Å²) in [5.74, 6) is 1.94. The number of aryl methyl sites for hydroxylation is 2. The molecule has 0 radical (unpaired) electrons. The SMILES string of the molecule is COc1cccc2c1CC[C@H]1CNC(CCn3c(=O)[nH]c4cc(C)c(C)cc4c3=O)[C@@H]21.Cl. The molecule has 32 heavy (non-hydrogen) atoms. The molecule has 1 unspecified atom stereocenters. The van der Waals surface area contributed by atoms with Crippen LogP contribution in [0.25, 0.3) is 10.9 Å². The molecule has 3 aromatic rings. The Balaban J connectivity index is 0.00000245. The van der Waals surface area contributed by atoms with Gasteiger partial charge in [0, 0.05) is 18.5 Å². The number of rotatable bonds is 4. The quantitative estimate of drug-likeness (QED) is 0.631. The number of nitrogens with zero attached hydrogens (tertiary/aromatic N) is 1. The van der Waals surface area contributed by atoms with E-state index in [0.29, 0.717) is 29.3 Å². The van der Waals surface area contributed by atoms with Gasteiger partial charge in [-0.1, -0.05) is 12.1 Å². The Morgan fingerprint density at radius 2 is 1.94 bits per heavy atom. The maximum absolute atomic E-state index is 13.1. The van der Waals surface area contributed by atoms with Gasteiger partial charge < -0.3 is 15.0 Å². The summed E-state index contributed by atoms with van der Waals surface area (Å²) in [5.41, 5.74) is 4.86. The van der Waals surface area contributed by atoms with E-state index in [-0.39, 0.29) is 29.7 Å². The molecule has 2 heterocycles. The molecule has 0 amide bonds. The Bertz CT molecular complexity index is 1280. The predicted octanol–water partition coefficient (Wildman–Crippen LogP) is 3.45. The van der Waals surface area contributed by atoms with Crippen LogP contribution in [0, 0.1) is 19.8 Å². The van der Waals surface area contributed by atoms with Crippen LogP contribution >= 0.6 is 12.4 Å². The number of fused-ring (bicyclic) bond motifs is 4. The molecule has 2 aromatic carbocycles. The molecule has 5 rings (SSSR count). The van der Waals surface area contributed by atoms with Gasteiger partial charge in [0.05, 0.1) is 18.0 Å². The van der Waals surface area contributed by atoms with Gasteiger partial charge in [0.2, 0.25) is 0 Å². The fourth-order valence-electron chi connectivity index (χ4n) is 5.59. The molecule has 1 saturated heterocycles. The second-order valence-corrected chi connectivity index (χ2v) is 9.03. The standard InChI is InChI=1S/C25H29N3O3.ClH/c1-14-11-19-21(12-15(14)2)27-25(30)28(24(19)29)10-9-20-23-16(13-26-20)7-8-17-18(23)5-4-6-22(17)31-3;/h4-6,11-12,16,20,23,26H,7-10,13H2,1-3H3,(H,27,30);1H/t16-,20?,23+;/m0./s1. The van der Waals surface area contributed by atoms with Crippen LogP contribution in [0.15, 0.2) is 39.9 Å². The molecular formula is C25H30ClN3O3. The highest BCUT2D eigenvalue weighted by atomic mass is 35.5. The first-order chi connectivity index (χ1) is 15.0. The predicted molar refractivity (Wildman–Crippen MR) is 130 cm³/mol. The fourth-order valence-corrected chi connectivity index (χ4v) is 5.59. The zero-order valence-electron chi connectivity index (χ0n) is 18.7. The Morgan fingerprint density at radius 1 is 1.16 bits per heavy atom. The second-order valence-electron chi connectivity index (χ2n) is 9.03. The van der Waals surface area contributed by atoms with Crippen LogP contribution in [0.4, 0.5) is 0 Å². The smallest absolute Gasteiger partial charge is 0.328 e. The molecule has 7 heteroatoms. The number of halogens is 1. The van der Waals surface area contributed by atoms with Crippen LogP contribution in [-0.4, -0.2) is 29.2 Å². The average molecular weight is 456 g/mol. The third kappa shape index (κ3) is 3.65. The summed E-state index contributed by atoms with van der Waals surface area (Å²) in [6.45, 7) is 5.35. The highest BCUT2D eigenvalue weighted by Gasteiger charge is 2.40. The molecule has 0 saturated carbocycles. The number of hydrogen-bond donors (Lipinski definition) is 2. The number of hydrogen-bond acceptors (Lipinski definition) is 4. The van der Waals surface area contributed by atoms with Gasteiger partial charge in [0.25, 0.3) is 5.56 Å². The van der Waals surface area contributed by atoms with E-state index < -0.39 is 0 Å². The van der Waals surface area contributed by atoms with Gasteiger partial charge in [-0.2, -0.15) is 0 Å². The topological polar surface area (TPSA) is 76.1 Å². The maximum atomic E-state index is 13.1. The van der Waals surface area contributed by atoms with Crippen molar-refractivity contribution in [1.82, 2.24) is 14.9 Å². The highest BCUT2D eigenvalue weighted by Crippen LogP contribution is 2.45. The number of nitrogens with one attached hydrogen (secondary N) is 2. The molecule has 6 nitrogen and oxygen atoms in total. The van der Waals surface area contributed by atoms with E-state index in [0.717, 1.165) is 42.7 Å². The summed E-state index contributed by atoms with van der Waals surface area (Å²) in [5, 5.41) is 4.25. The summed E-state index contributed by atoms with van der Waals surface area (Å²) in [4.78, 5) is 28.7. The zero-order valence-corrected chi connectivity index (χ0v) is 19.6. The van der Waals surface area contributed by atoms with Crippen molar-refractivity contribution in [2.45, 2.75) is 51.6 Å². The summed E-state index contributed by atoms with van der Waals surface area (Å²) in [7, 11) is 1.73. The lowest BCUT2D eigenvalue weighted by atomic mass is 9.73. The number of methoxy groups -OCH3 is 1. The van der Waals surface area contributed by atoms with E-state index in [1.807, 2.05) is 32.0 Å². The first kappa shape index (κ1) is 22.6. The van der Waals surface area contributed by atoms with Crippen LogP contribution in [-0.2, 0) is 13.0 Å². The zero-order chi connectivity index (χ0) is 21.7. The molecule has 0 bridgehead atoms. The first-order valence-electron chi connectivity index (χ1n) is 11.1. The van der Waals surface area contributed by atoms with Gasteiger partial charge >= 0.3 is 5.69 Å². The molecule has 1 aliphatic carbocycles. The first-order valence-corrected chi connectivity index (χ1v) is 11.1. The molecule has 1 aromatic heterocycles. The lowest BCUT2D eigenvalue weighted by Crippen LogP contribution is -2.38. The molecule has 0 spiro atoms. The lowest BCUT2D eigenvalue weighted by Gasteiger charge is -2.32. The molecular weight excluding hydrogens is 426 g/mol. The van der Waals surface area contributed by atoms with Crippen molar-refractivity contribution < 1.29 is 4.74 Å². The van der Waals surface area contributed by atoms with E-state index in [9.17, 15) is 9.59 Å². The Labute approximate surface area is 193 Å². The number of ether oxygens (including phenoxy) is 1. The highest BCUT2D eigenvalue weighted by molar-refractivity contribution is 5.85. The summed E-state index contributed by atoms with van der Waals surface area (Å²) in [6.07, 6.45) is 2.91. The third-order valence-corrected chi connectivity index (χ3v) is 7.36. The van der Waals surface area contributed by atoms with Crippen LogP contribution in [0.5, 0.6) is 5.75 Å². The van der Waals surface area contributed by atoms with Gasteiger partial charge in [0.1, 0.15) is 5.75 Å². The van der Waals surface area contributed by atoms with Crippen molar-refractivity contribution in [3.05, 3.63) is 73.4 Å².